The minimum atomic E-state index is -0.00287. The standard InChI is InChI=1S/C16H26N4O2/c1-19(2)10-13-5-4-6-16(22-13)7-8-20(11-16)14-9-15(21-3)18-12-17-14/h9,12-13H,4-8,10-11H2,1-3H3/t13-,16-/m1/s1. The van der Waals surface area contributed by atoms with Gasteiger partial charge in [-0.3, -0.25) is 0 Å². The molecule has 2 aliphatic heterocycles. The molecule has 6 nitrogen and oxygen atoms in total. The molecular formula is C16H26N4O2. The molecule has 0 radical (unpaired) electrons. The number of rotatable bonds is 4. The number of anilines is 1. The van der Waals surface area contributed by atoms with Gasteiger partial charge in [-0.05, 0) is 39.8 Å². The van der Waals surface area contributed by atoms with E-state index < -0.39 is 0 Å². The molecular weight excluding hydrogens is 280 g/mol. The van der Waals surface area contributed by atoms with E-state index in [0.717, 1.165) is 38.3 Å². The molecule has 0 amide bonds. The summed E-state index contributed by atoms with van der Waals surface area (Å²) in [4.78, 5) is 13.0. The Morgan fingerprint density at radius 3 is 3.05 bits per heavy atom. The fourth-order valence-corrected chi connectivity index (χ4v) is 3.61. The van der Waals surface area contributed by atoms with Gasteiger partial charge in [0.1, 0.15) is 12.1 Å². The van der Waals surface area contributed by atoms with Gasteiger partial charge in [0.2, 0.25) is 5.88 Å². The molecule has 2 saturated heterocycles. The lowest BCUT2D eigenvalue weighted by Gasteiger charge is -2.39. The highest BCUT2D eigenvalue weighted by molar-refractivity contribution is 5.43. The maximum absolute atomic E-state index is 6.50. The van der Waals surface area contributed by atoms with E-state index in [2.05, 4.69) is 33.9 Å². The predicted octanol–water partition coefficient (Wildman–Crippen LogP) is 1.56. The van der Waals surface area contributed by atoms with Crippen molar-refractivity contribution < 1.29 is 9.47 Å². The summed E-state index contributed by atoms with van der Waals surface area (Å²) in [6.07, 6.45) is 6.55. The van der Waals surface area contributed by atoms with Crippen molar-refractivity contribution in [2.75, 3.05) is 45.7 Å². The lowest BCUT2D eigenvalue weighted by Crippen LogP contribution is -2.46. The number of likely N-dealkylation sites (N-methyl/N-ethyl adjacent to an activating group) is 1. The van der Waals surface area contributed by atoms with Crippen LogP contribution in [-0.4, -0.2) is 67.4 Å². The average Bonchev–Trinajstić information content (AvgIpc) is 2.90. The molecule has 22 heavy (non-hydrogen) atoms. The van der Waals surface area contributed by atoms with Crippen molar-refractivity contribution >= 4 is 5.82 Å². The molecule has 6 heteroatoms. The van der Waals surface area contributed by atoms with Gasteiger partial charge >= 0.3 is 0 Å². The number of hydrogen-bond acceptors (Lipinski definition) is 6. The monoisotopic (exact) mass is 306 g/mol. The van der Waals surface area contributed by atoms with Crippen LogP contribution in [0.2, 0.25) is 0 Å². The van der Waals surface area contributed by atoms with Gasteiger partial charge in [0, 0.05) is 25.7 Å². The fraction of sp³-hybridized carbons (Fsp3) is 0.750. The zero-order chi connectivity index (χ0) is 15.6. The summed E-state index contributed by atoms with van der Waals surface area (Å²) in [7, 11) is 5.85. The first-order valence-corrected chi connectivity index (χ1v) is 8.04. The summed E-state index contributed by atoms with van der Waals surface area (Å²) in [5.41, 5.74) is -0.00287. The van der Waals surface area contributed by atoms with Crippen molar-refractivity contribution in [1.29, 1.82) is 0 Å². The Morgan fingerprint density at radius 2 is 2.27 bits per heavy atom. The first-order valence-electron chi connectivity index (χ1n) is 8.04. The Kier molecular flexibility index (Phi) is 4.49. The quantitative estimate of drug-likeness (QED) is 0.841. The van der Waals surface area contributed by atoms with Crippen molar-refractivity contribution in [3.05, 3.63) is 12.4 Å². The van der Waals surface area contributed by atoms with Crippen LogP contribution < -0.4 is 9.64 Å². The second-order valence-corrected chi connectivity index (χ2v) is 6.67. The first kappa shape index (κ1) is 15.5. The first-order chi connectivity index (χ1) is 10.6. The summed E-state index contributed by atoms with van der Waals surface area (Å²) in [5, 5.41) is 0. The van der Waals surface area contributed by atoms with Crippen molar-refractivity contribution in [3.8, 4) is 5.88 Å². The normalized spacial score (nSPS) is 28.5. The van der Waals surface area contributed by atoms with E-state index >= 15 is 0 Å². The number of aromatic nitrogens is 2. The van der Waals surface area contributed by atoms with E-state index in [4.69, 9.17) is 9.47 Å². The Balaban J connectivity index is 1.67. The molecule has 0 N–H and O–H groups in total. The average molecular weight is 306 g/mol. The van der Waals surface area contributed by atoms with Gasteiger partial charge in [0.15, 0.2) is 0 Å². The van der Waals surface area contributed by atoms with Gasteiger partial charge in [-0.25, -0.2) is 9.97 Å². The van der Waals surface area contributed by atoms with Gasteiger partial charge in [0.05, 0.1) is 18.8 Å². The number of ether oxygens (including phenoxy) is 2. The summed E-state index contributed by atoms with van der Waals surface area (Å²) < 4.78 is 11.7. The van der Waals surface area contributed by atoms with Crippen LogP contribution in [0.3, 0.4) is 0 Å². The predicted molar refractivity (Wildman–Crippen MR) is 85.4 cm³/mol. The highest BCUT2D eigenvalue weighted by Gasteiger charge is 2.43. The third kappa shape index (κ3) is 3.33. The minimum Gasteiger partial charge on any atom is -0.481 e. The van der Waals surface area contributed by atoms with E-state index in [1.54, 1.807) is 13.4 Å². The molecule has 122 valence electrons. The largest absolute Gasteiger partial charge is 0.481 e. The third-order valence-corrected chi connectivity index (χ3v) is 4.62. The highest BCUT2D eigenvalue weighted by atomic mass is 16.5. The number of hydrogen-bond donors (Lipinski definition) is 0. The van der Waals surface area contributed by atoms with Crippen molar-refractivity contribution in [2.24, 2.45) is 0 Å². The Labute approximate surface area is 132 Å². The van der Waals surface area contributed by atoms with Gasteiger partial charge in [-0.2, -0.15) is 0 Å². The molecule has 0 unspecified atom stereocenters. The van der Waals surface area contributed by atoms with Crippen LogP contribution in [0.1, 0.15) is 25.7 Å². The second-order valence-electron chi connectivity index (χ2n) is 6.67. The van der Waals surface area contributed by atoms with Crippen LogP contribution in [0.5, 0.6) is 5.88 Å². The lowest BCUT2D eigenvalue weighted by molar-refractivity contribution is -0.120. The van der Waals surface area contributed by atoms with Crippen molar-refractivity contribution in [2.45, 2.75) is 37.4 Å². The Morgan fingerprint density at radius 1 is 1.41 bits per heavy atom. The van der Waals surface area contributed by atoms with Crippen molar-refractivity contribution in [1.82, 2.24) is 14.9 Å². The maximum Gasteiger partial charge on any atom is 0.218 e. The molecule has 2 atom stereocenters. The van der Waals surface area contributed by atoms with Gasteiger partial charge in [0.25, 0.3) is 0 Å². The summed E-state index contributed by atoms with van der Waals surface area (Å²) >= 11 is 0. The van der Waals surface area contributed by atoms with Gasteiger partial charge in [-0.15, -0.1) is 0 Å². The van der Waals surface area contributed by atoms with Gasteiger partial charge < -0.3 is 19.3 Å². The van der Waals surface area contributed by atoms with E-state index in [9.17, 15) is 0 Å². The molecule has 0 bridgehead atoms. The van der Waals surface area contributed by atoms with Crippen LogP contribution in [0.25, 0.3) is 0 Å². The van der Waals surface area contributed by atoms with E-state index in [0.29, 0.717) is 12.0 Å². The van der Waals surface area contributed by atoms with Crippen molar-refractivity contribution in [3.63, 3.8) is 0 Å². The van der Waals surface area contributed by atoms with Crippen LogP contribution in [0, 0.1) is 0 Å². The molecule has 1 spiro atoms. The number of nitrogens with zero attached hydrogens (tertiary/aromatic N) is 4. The lowest BCUT2D eigenvalue weighted by atomic mass is 9.90. The minimum absolute atomic E-state index is 0.00287. The maximum atomic E-state index is 6.50. The van der Waals surface area contributed by atoms with Gasteiger partial charge in [-0.1, -0.05) is 0 Å². The second kappa shape index (κ2) is 6.38. The SMILES string of the molecule is COc1cc(N2CC[C@]3(CCC[C@H](CN(C)C)O3)C2)ncn1. The van der Waals surface area contributed by atoms with Crippen LogP contribution >= 0.6 is 0 Å². The summed E-state index contributed by atoms with van der Waals surface area (Å²) in [6.45, 7) is 2.90. The molecule has 2 aliphatic rings. The Hall–Kier alpha value is -1.40. The summed E-state index contributed by atoms with van der Waals surface area (Å²) in [6, 6.07) is 1.90. The Bertz CT molecular complexity index is 511. The van der Waals surface area contributed by atoms with E-state index in [1.165, 1.54) is 12.8 Å². The zero-order valence-corrected chi connectivity index (χ0v) is 13.8. The molecule has 1 aromatic rings. The highest BCUT2D eigenvalue weighted by Crippen LogP contribution is 2.38. The smallest absolute Gasteiger partial charge is 0.218 e. The molecule has 3 heterocycles. The van der Waals surface area contributed by atoms with Crippen LogP contribution in [0.4, 0.5) is 5.82 Å². The third-order valence-electron chi connectivity index (χ3n) is 4.62. The molecule has 0 aromatic carbocycles. The zero-order valence-electron chi connectivity index (χ0n) is 13.8. The van der Waals surface area contributed by atoms with Crippen LogP contribution in [0.15, 0.2) is 12.4 Å². The van der Waals surface area contributed by atoms with Crippen LogP contribution in [-0.2, 0) is 4.74 Å². The van der Waals surface area contributed by atoms with E-state index in [-0.39, 0.29) is 5.60 Å². The molecule has 3 rings (SSSR count). The molecule has 2 fully saturated rings. The molecule has 0 saturated carbocycles. The summed E-state index contributed by atoms with van der Waals surface area (Å²) in [5.74, 6) is 1.54. The molecule has 0 aliphatic carbocycles. The molecule has 1 aromatic heterocycles. The fourth-order valence-electron chi connectivity index (χ4n) is 3.61. The number of methoxy groups -OCH3 is 1. The topological polar surface area (TPSA) is 50.7 Å². The van der Waals surface area contributed by atoms with E-state index in [1.807, 2.05) is 6.07 Å².